The molecule has 0 amide bonds. The fourth-order valence-electron chi connectivity index (χ4n) is 5.15. The summed E-state index contributed by atoms with van der Waals surface area (Å²) in [5.41, 5.74) is 7.12. The van der Waals surface area contributed by atoms with E-state index in [2.05, 4.69) is 86.3 Å². The topological polar surface area (TPSA) is 43.7 Å². The van der Waals surface area contributed by atoms with Crippen LogP contribution >= 0.6 is 0 Å². The van der Waals surface area contributed by atoms with Crippen molar-refractivity contribution < 1.29 is 10.2 Å². The van der Waals surface area contributed by atoms with Crippen molar-refractivity contribution in [3.63, 3.8) is 0 Å². The van der Waals surface area contributed by atoms with Crippen molar-refractivity contribution >= 4 is 5.57 Å². The number of phenolic OH excluding ortho intramolecular Hbond substituents is 1. The number of phenols is 1. The molecule has 1 fully saturated rings. The molecule has 1 atom stereocenters. The van der Waals surface area contributed by atoms with Crippen LogP contribution in [0.1, 0.15) is 74.8 Å². The van der Waals surface area contributed by atoms with Gasteiger partial charge < -0.3 is 15.1 Å². The minimum absolute atomic E-state index is 0.115. The van der Waals surface area contributed by atoms with Crippen molar-refractivity contribution in [3.05, 3.63) is 107 Å². The maximum absolute atomic E-state index is 10.7. The number of hydrogen-bond donors (Lipinski definition) is 2. The molecule has 0 aliphatic carbocycles. The minimum atomic E-state index is -0.544. The molecule has 0 aromatic heterocycles. The molecule has 2 N–H and O–H groups in total. The fourth-order valence-corrected chi connectivity index (χ4v) is 5.15. The Kier molecular flexibility index (Phi) is 8.10. The van der Waals surface area contributed by atoms with Gasteiger partial charge in [0, 0.05) is 13.1 Å². The molecule has 1 aliphatic heterocycles. The quantitative estimate of drug-likeness (QED) is 0.388. The number of nitrogens with zero attached hydrogens (tertiary/aromatic N) is 1. The monoisotopic (exact) mass is 469 g/mol. The van der Waals surface area contributed by atoms with Crippen LogP contribution in [0.4, 0.5) is 0 Å². The third-order valence-electron chi connectivity index (χ3n) is 7.10. The summed E-state index contributed by atoms with van der Waals surface area (Å²) < 4.78 is 0. The van der Waals surface area contributed by atoms with Crippen LogP contribution in [0, 0.1) is 0 Å². The van der Waals surface area contributed by atoms with Crippen LogP contribution in [-0.2, 0) is 5.41 Å². The zero-order valence-electron chi connectivity index (χ0n) is 21.4. The molecule has 3 aromatic carbocycles. The lowest BCUT2D eigenvalue weighted by Crippen LogP contribution is -2.32. The van der Waals surface area contributed by atoms with Crippen molar-refractivity contribution in [2.24, 2.45) is 0 Å². The van der Waals surface area contributed by atoms with Crippen molar-refractivity contribution in [3.8, 4) is 5.75 Å². The van der Waals surface area contributed by atoms with Crippen molar-refractivity contribution in [1.82, 2.24) is 4.90 Å². The molecule has 0 bridgehead atoms. The van der Waals surface area contributed by atoms with E-state index in [1.807, 2.05) is 12.1 Å². The van der Waals surface area contributed by atoms with E-state index < -0.39 is 6.10 Å². The summed E-state index contributed by atoms with van der Waals surface area (Å²) in [7, 11) is 0. The van der Waals surface area contributed by atoms with Gasteiger partial charge in [-0.3, -0.25) is 0 Å². The average Bonchev–Trinajstić information content (AvgIpc) is 2.85. The summed E-state index contributed by atoms with van der Waals surface area (Å²) >= 11 is 0. The van der Waals surface area contributed by atoms with Crippen LogP contribution in [0.3, 0.4) is 0 Å². The summed E-state index contributed by atoms with van der Waals surface area (Å²) in [6, 6.07) is 27.1. The van der Waals surface area contributed by atoms with E-state index in [0.29, 0.717) is 6.42 Å². The van der Waals surface area contributed by atoms with Crippen LogP contribution < -0.4 is 0 Å². The largest absolute Gasteiger partial charge is 0.508 e. The number of rotatable bonds is 7. The van der Waals surface area contributed by atoms with Crippen molar-refractivity contribution in [2.75, 3.05) is 19.6 Å². The SMILES string of the molecule is CC(C)(C)c1ccc(C(O)CCCN2CCC(=C(c3ccccc3)c3ccccc3)CC2)cc1O. The number of aromatic hydroxyl groups is 1. The Bertz CT molecular complexity index is 1080. The van der Waals surface area contributed by atoms with E-state index in [-0.39, 0.29) is 11.2 Å². The lowest BCUT2D eigenvalue weighted by atomic mass is 9.85. The molecule has 1 saturated heterocycles. The van der Waals surface area contributed by atoms with Crippen LogP contribution in [0.25, 0.3) is 5.57 Å². The highest BCUT2D eigenvalue weighted by atomic mass is 16.3. The summed E-state index contributed by atoms with van der Waals surface area (Å²) in [5.74, 6) is 0.275. The summed E-state index contributed by atoms with van der Waals surface area (Å²) in [6.45, 7) is 9.34. The van der Waals surface area contributed by atoms with E-state index in [9.17, 15) is 10.2 Å². The maximum Gasteiger partial charge on any atom is 0.119 e. The number of piperidine rings is 1. The van der Waals surface area contributed by atoms with Gasteiger partial charge in [-0.25, -0.2) is 0 Å². The molecule has 3 nitrogen and oxygen atoms in total. The van der Waals surface area contributed by atoms with Crippen LogP contribution in [0.2, 0.25) is 0 Å². The lowest BCUT2D eigenvalue weighted by molar-refractivity contribution is 0.153. The molecule has 0 spiro atoms. The highest BCUT2D eigenvalue weighted by Gasteiger charge is 2.21. The average molecular weight is 470 g/mol. The molecular formula is C32H39NO2. The van der Waals surface area contributed by atoms with E-state index in [1.165, 1.54) is 22.3 Å². The molecule has 184 valence electrons. The number of aliphatic hydroxyl groups excluding tert-OH is 1. The number of likely N-dealkylation sites (tertiary alicyclic amines) is 1. The van der Waals surface area contributed by atoms with Gasteiger partial charge in [0.25, 0.3) is 0 Å². The lowest BCUT2D eigenvalue weighted by Gasteiger charge is -2.30. The van der Waals surface area contributed by atoms with Gasteiger partial charge in [0.15, 0.2) is 0 Å². The first-order chi connectivity index (χ1) is 16.8. The molecule has 4 rings (SSSR count). The Morgan fingerprint density at radius 2 is 1.43 bits per heavy atom. The zero-order valence-corrected chi connectivity index (χ0v) is 21.4. The fraction of sp³-hybridized carbons (Fsp3) is 0.375. The van der Waals surface area contributed by atoms with Crippen LogP contribution in [0.5, 0.6) is 5.75 Å². The maximum atomic E-state index is 10.7. The Balaban J connectivity index is 1.34. The number of aliphatic hydroxyl groups is 1. The highest BCUT2D eigenvalue weighted by molar-refractivity contribution is 5.82. The molecule has 1 aliphatic rings. The predicted octanol–water partition coefficient (Wildman–Crippen LogP) is 7.10. The van der Waals surface area contributed by atoms with Gasteiger partial charge in [-0.2, -0.15) is 0 Å². The summed E-state index contributed by atoms with van der Waals surface area (Å²) in [6.07, 6.45) is 3.24. The third-order valence-corrected chi connectivity index (χ3v) is 7.10. The Morgan fingerprint density at radius 1 is 0.857 bits per heavy atom. The van der Waals surface area contributed by atoms with E-state index in [1.54, 1.807) is 6.07 Å². The van der Waals surface area contributed by atoms with Gasteiger partial charge in [-0.15, -0.1) is 0 Å². The molecule has 35 heavy (non-hydrogen) atoms. The zero-order chi connectivity index (χ0) is 24.8. The van der Waals surface area contributed by atoms with E-state index in [0.717, 1.165) is 50.0 Å². The Hall–Kier alpha value is -2.88. The van der Waals surface area contributed by atoms with E-state index >= 15 is 0 Å². The molecule has 3 heteroatoms. The van der Waals surface area contributed by atoms with E-state index in [4.69, 9.17) is 0 Å². The first-order valence-electron chi connectivity index (χ1n) is 12.9. The number of benzene rings is 3. The van der Waals surface area contributed by atoms with Crippen LogP contribution in [0.15, 0.2) is 84.4 Å². The standard InChI is InChI=1S/C32H39NO2/c1-32(2,3)28-17-16-27(23-30(28)35)29(34)15-10-20-33-21-18-26(19-22-33)31(24-11-6-4-7-12-24)25-13-8-5-9-14-25/h4-9,11-14,16-17,23,29,34-35H,10,15,18-22H2,1-3H3. The van der Waals surface area contributed by atoms with Gasteiger partial charge in [-0.1, -0.05) is 99.1 Å². The second-order valence-electron chi connectivity index (χ2n) is 10.7. The first-order valence-corrected chi connectivity index (χ1v) is 12.9. The smallest absolute Gasteiger partial charge is 0.119 e. The van der Waals surface area contributed by atoms with Gasteiger partial charge in [0.05, 0.1) is 6.10 Å². The third kappa shape index (κ3) is 6.42. The second kappa shape index (κ2) is 11.2. The van der Waals surface area contributed by atoms with Gasteiger partial charge in [0.2, 0.25) is 0 Å². The molecule has 0 saturated carbocycles. The first kappa shape index (κ1) is 25.2. The van der Waals surface area contributed by atoms with Gasteiger partial charge in [-0.05, 0) is 71.5 Å². The molecule has 1 heterocycles. The minimum Gasteiger partial charge on any atom is -0.508 e. The van der Waals surface area contributed by atoms with Gasteiger partial charge in [0.1, 0.15) is 5.75 Å². The molecule has 3 aromatic rings. The van der Waals surface area contributed by atoms with Crippen molar-refractivity contribution in [2.45, 2.75) is 58.0 Å². The molecule has 1 unspecified atom stereocenters. The molecule has 0 radical (unpaired) electrons. The summed E-state index contributed by atoms with van der Waals surface area (Å²) in [4.78, 5) is 2.52. The number of hydrogen-bond acceptors (Lipinski definition) is 3. The Labute approximate surface area is 210 Å². The van der Waals surface area contributed by atoms with Gasteiger partial charge >= 0.3 is 0 Å². The highest BCUT2D eigenvalue weighted by Crippen LogP contribution is 2.34. The summed E-state index contributed by atoms with van der Waals surface area (Å²) in [5, 5.41) is 21.1. The normalized spacial score (nSPS) is 15.7. The van der Waals surface area contributed by atoms with Crippen molar-refractivity contribution in [1.29, 1.82) is 0 Å². The second-order valence-corrected chi connectivity index (χ2v) is 10.7. The Morgan fingerprint density at radius 3 is 1.94 bits per heavy atom. The molecular weight excluding hydrogens is 430 g/mol. The van der Waals surface area contributed by atoms with Crippen LogP contribution in [-0.4, -0.2) is 34.7 Å². The predicted molar refractivity (Wildman–Crippen MR) is 146 cm³/mol.